The Morgan fingerprint density at radius 1 is 0.967 bits per heavy atom. The zero-order valence-corrected chi connectivity index (χ0v) is 15.4. The fourth-order valence-corrected chi connectivity index (χ4v) is 2.96. The fraction of sp³-hybridized carbons (Fsp3) is 0.176. The zero-order valence-electron chi connectivity index (χ0n) is 14.7. The first-order valence-corrected chi connectivity index (χ1v) is 8.47. The summed E-state index contributed by atoms with van der Waals surface area (Å²) < 4.78 is 84.5. The normalized spacial score (nSPS) is 12.7. The molecule has 0 spiro atoms. The highest BCUT2D eigenvalue weighted by atomic mass is 35.5. The van der Waals surface area contributed by atoms with Gasteiger partial charge in [-0.05, 0) is 31.2 Å². The molecule has 13 heteroatoms. The lowest BCUT2D eigenvalue weighted by molar-refractivity contribution is -0.142. The highest BCUT2D eigenvalue weighted by molar-refractivity contribution is 6.35. The minimum atomic E-state index is -4.74. The maximum Gasteiger partial charge on any atom is 0.433 e. The van der Waals surface area contributed by atoms with E-state index < -0.39 is 23.6 Å². The molecule has 3 aromatic heterocycles. The van der Waals surface area contributed by atoms with Gasteiger partial charge in [0.1, 0.15) is 10.7 Å². The summed E-state index contributed by atoms with van der Waals surface area (Å²) in [5, 5.41) is 10.8. The Balaban J connectivity index is 1.82. The van der Waals surface area contributed by atoms with Gasteiger partial charge in [0.05, 0.1) is 5.56 Å². The molecule has 1 aromatic carbocycles. The van der Waals surface area contributed by atoms with Crippen LogP contribution in [0.1, 0.15) is 17.0 Å². The predicted octanol–water partition coefficient (Wildman–Crippen LogP) is 5.45. The molecule has 0 saturated carbocycles. The number of benzene rings is 1. The van der Waals surface area contributed by atoms with Crippen LogP contribution in [0.25, 0.3) is 28.7 Å². The molecule has 156 valence electrons. The molecule has 0 fully saturated rings. The number of nitrogens with zero attached hydrogens (tertiary/aromatic N) is 5. The molecule has 4 aromatic rings. The Kier molecular flexibility index (Phi) is 4.49. The lowest BCUT2D eigenvalue weighted by Gasteiger charge is -2.09. The van der Waals surface area contributed by atoms with Crippen molar-refractivity contribution in [1.82, 2.24) is 24.8 Å². The molecular weight excluding hydrogens is 440 g/mol. The van der Waals surface area contributed by atoms with Crippen molar-refractivity contribution in [3.8, 4) is 23.0 Å². The Morgan fingerprint density at radius 2 is 1.67 bits per heavy atom. The molecule has 0 radical (unpaired) electrons. The van der Waals surface area contributed by atoms with Crippen molar-refractivity contribution in [2.75, 3.05) is 0 Å². The number of hydrogen-bond acceptors (Lipinski definition) is 5. The molecule has 0 unspecified atom stereocenters. The van der Waals surface area contributed by atoms with Crippen molar-refractivity contribution in [2.24, 2.45) is 0 Å². The van der Waals surface area contributed by atoms with Crippen LogP contribution in [-0.2, 0) is 12.4 Å². The van der Waals surface area contributed by atoms with E-state index in [-0.39, 0.29) is 39.4 Å². The molecule has 0 amide bonds. The largest absolute Gasteiger partial charge is 0.433 e. The number of hydrogen-bond donors (Lipinski definition) is 0. The molecular formula is C17H8ClF6N5O. The van der Waals surface area contributed by atoms with Gasteiger partial charge >= 0.3 is 12.4 Å². The van der Waals surface area contributed by atoms with E-state index in [9.17, 15) is 26.3 Å². The third-order valence-electron chi connectivity index (χ3n) is 4.02. The number of alkyl halides is 6. The number of rotatable bonds is 2. The van der Waals surface area contributed by atoms with Crippen molar-refractivity contribution in [3.63, 3.8) is 0 Å². The highest BCUT2D eigenvalue weighted by Crippen LogP contribution is 2.36. The molecule has 4 rings (SSSR count). The Bertz CT molecular complexity index is 1260. The SMILES string of the molecule is Cc1cc(C(F)(F)F)n2nc(-c3nnc(-c4cccc(C(F)(F)F)c4)o3)c(Cl)c2n1. The lowest BCUT2D eigenvalue weighted by Crippen LogP contribution is -2.13. The van der Waals surface area contributed by atoms with Gasteiger partial charge in [0, 0.05) is 11.3 Å². The standard InChI is InChI=1S/C17H8ClF6N5O/c1-7-5-10(17(22,23)24)29-13(25-7)11(18)12(28-29)15-27-26-14(30-15)8-3-2-4-9(6-8)16(19,20)21/h2-6H,1H3. The second-order valence-corrected chi connectivity index (χ2v) is 6.55. The summed E-state index contributed by atoms with van der Waals surface area (Å²) in [4.78, 5) is 3.95. The Labute approximate surface area is 168 Å². The quantitative estimate of drug-likeness (QED) is 0.382. The smallest absolute Gasteiger partial charge is 0.414 e. The van der Waals surface area contributed by atoms with E-state index in [1.165, 1.54) is 13.0 Å². The van der Waals surface area contributed by atoms with E-state index in [4.69, 9.17) is 16.0 Å². The van der Waals surface area contributed by atoms with E-state index in [1.54, 1.807) is 0 Å². The molecule has 0 N–H and O–H groups in total. The van der Waals surface area contributed by atoms with Crippen molar-refractivity contribution in [3.05, 3.63) is 52.3 Å². The average molecular weight is 448 g/mol. The van der Waals surface area contributed by atoms with Crippen molar-refractivity contribution in [1.29, 1.82) is 0 Å². The zero-order chi connectivity index (χ0) is 21.8. The molecule has 0 saturated heterocycles. The van der Waals surface area contributed by atoms with E-state index in [0.29, 0.717) is 4.52 Å². The number of halogens is 7. The Morgan fingerprint density at radius 3 is 2.33 bits per heavy atom. The second-order valence-electron chi connectivity index (χ2n) is 6.17. The van der Waals surface area contributed by atoms with Crippen LogP contribution in [0.4, 0.5) is 26.3 Å². The summed E-state index contributed by atoms with van der Waals surface area (Å²) in [6.07, 6.45) is -9.32. The van der Waals surface area contributed by atoms with E-state index in [1.807, 2.05) is 0 Å². The van der Waals surface area contributed by atoms with E-state index in [0.717, 1.165) is 24.3 Å². The monoisotopic (exact) mass is 447 g/mol. The van der Waals surface area contributed by atoms with Crippen molar-refractivity contribution >= 4 is 17.2 Å². The minimum absolute atomic E-state index is 0.0339. The van der Waals surface area contributed by atoms with Gasteiger partial charge in [-0.25, -0.2) is 9.50 Å². The van der Waals surface area contributed by atoms with Crippen LogP contribution in [0.2, 0.25) is 5.02 Å². The molecule has 0 aliphatic rings. The van der Waals surface area contributed by atoms with Crippen molar-refractivity contribution < 1.29 is 30.8 Å². The predicted molar refractivity (Wildman–Crippen MR) is 91.5 cm³/mol. The molecule has 0 atom stereocenters. The van der Waals surface area contributed by atoms with Gasteiger partial charge in [0.25, 0.3) is 5.89 Å². The number of fused-ring (bicyclic) bond motifs is 1. The van der Waals surface area contributed by atoms with Crippen LogP contribution in [0, 0.1) is 6.92 Å². The molecule has 0 aliphatic heterocycles. The average Bonchev–Trinajstić information content (AvgIpc) is 3.25. The minimum Gasteiger partial charge on any atom is -0.414 e. The van der Waals surface area contributed by atoms with Crippen LogP contribution in [0.5, 0.6) is 0 Å². The topological polar surface area (TPSA) is 69.1 Å². The third-order valence-corrected chi connectivity index (χ3v) is 4.36. The summed E-state index contributed by atoms with van der Waals surface area (Å²) in [6.45, 7) is 1.36. The van der Waals surface area contributed by atoms with E-state index >= 15 is 0 Å². The van der Waals surface area contributed by atoms with Crippen LogP contribution in [-0.4, -0.2) is 24.8 Å². The van der Waals surface area contributed by atoms with E-state index in [2.05, 4.69) is 20.3 Å². The lowest BCUT2D eigenvalue weighted by atomic mass is 10.1. The molecule has 6 nitrogen and oxygen atoms in total. The first-order valence-electron chi connectivity index (χ1n) is 8.10. The number of aryl methyl sites for hydroxylation is 1. The van der Waals surface area contributed by atoms with Gasteiger partial charge in [-0.1, -0.05) is 17.7 Å². The summed E-state index contributed by atoms with van der Waals surface area (Å²) in [5.74, 6) is -0.659. The van der Waals surface area contributed by atoms with Gasteiger partial charge in [-0.2, -0.15) is 31.4 Å². The van der Waals surface area contributed by atoms with Gasteiger partial charge in [-0.15, -0.1) is 10.2 Å². The summed E-state index contributed by atoms with van der Waals surface area (Å²) in [6, 6.07) is 4.93. The van der Waals surface area contributed by atoms with Gasteiger partial charge < -0.3 is 4.42 Å². The summed E-state index contributed by atoms with van der Waals surface area (Å²) in [5.41, 5.74) is -2.59. The first-order chi connectivity index (χ1) is 13.9. The molecule has 0 aliphatic carbocycles. The fourth-order valence-electron chi connectivity index (χ4n) is 2.72. The molecule has 30 heavy (non-hydrogen) atoms. The first kappa shape index (κ1) is 20.1. The van der Waals surface area contributed by atoms with Crippen LogP contribution >= 0.6 is 11.6 Å². The van der Waals surface area contributed by atoms with Gasteiger partial charge in [0.15, 0.2) is 11.3 Å². The third kappa shape index (κ3) is 3.47. The number of aromatic nitrogens is 5. The second kappa shape index (κ2) is 6.69. The summed E-state index contributed by atoms with van der Waals surface area (Å²) in [7, 11) is 0. The van der Waals surface area contributed by atoms with Crippen LogP contribution in [0.3, 0.4) is 0 Å². The molecule has 3 heterocycles. The summed E-state index contributed by atoms with van der Waals surface area (Å²) >= 11 is 6.14. The van der Waals surface area contributed by atoms with Crippen LogP contribution in [0.15, 0.2) is 34.7 Å². The van der Waals surface area contributed by atoms with Gasteiger partial charge in [0.2, 0.25) is 5.89 Å². The van der Waals surface area contributed by atoms with Crippen LogP contribution < -0.4 is 0 Å². The van der Waals surface area contributed by atoms with Gasteiger partial charge in [-0.3, -0.25) is 0 Å². The Hall–Kier alpha value is -3.15. The maximum atomic E-state index is 13.3. The van der Waals surface area contributed by atoms with Crippen molar-refractivity contribution in [2.45, 2.75) is 19.3 Å². The maximum absolute atomic E-state index is 13.3. The molecule has 0 bridgehead atoms. The highest BCUT2D eigenvalue weighted by Gasteiger charge is 2.36.